The molecule has 118 valence electrons. The number of ether oxygens (including phenoxy) is 1. The van der Waals surface area contributed by atoms with Gasteiger partial charge in [-0.2, -0.15) is 4.31 Å². The Balaban J connectivity index is 1.75. The summed E-state index contributed by atoms with van der Waals surface area (Å²) in [6.07, 6.45) is 6.39. The molecule has 0 spiro atoms. The number of aromatic nitrogens is 1. The Bertz CT molecular complexity index is 539. The van der Waals surface area contributed by atoms with Crippen molar-refractivity contribution in [3.05, 3.63) is 16.6 Å². The molecule has 7 heteroatoms. The van der Waals surface area contributed by atoms with Gasteiger partial charge in [-0.15, -0.1) is 11.3 Å². The van der Waals surface area contributed by atoms with E-state index < -0.39 is 10.0 Å². The zero-order valence-electron chi connectivity index (χ0n) is 12.1. The van der Waals surface area contributed by atoms with Gasteiger partial charge in [0.25, 0.3) is 0 Å². The van der Waals surface area contributed by atoms with Gasteiger partial charge in [-0.25, -0.2) is 13.4 Å². The first-order valence-corrected chi connectivity index (χ1v) is 10.1. The molecule has 0 amide bonds. The molecule has 21 heavy (non-hydrogen) atoms. The molecule has 1 aromatic heterocycles. The lowest BCUT2D eigenvalue weighted by atomic mass is 10.0. The van der Waals surface area contributed by atoms with Crippen molar-refractivity contribution in [1.82, 2.24) is 9.29 Å². The fourth-order valence-corrected chi connectivity index (χ4v) is 6.16. The second-order valence-electron chi connectivity index (χ2n) is 5.83. The Morgan fingerprint density at radius 1 is 1.29 bits per heavy atom. The lowest BCUT2D eigenvalue weighted by Crippen LogP contribution is -2.41. The normalized spacial score (nSPS) is 26.0. The van der Waals surface area contributed by atoms with Crippen molar-refractivity contribution < 1.29 is 13.2 Å². The standard InChI is InChI=1S/C14H22N2O3S2/c17-21(18,11-12-4-8-19-9-5-12)16-7-2-1-3-13(16)14-15-6-10-20-14/h6,10,12-13H,1-5,7-9,11H2/t13-/m1/s1. The molecule has 2 aliphatic rings. The van der Waals surface area contributed by atoms with E-state index in [-0.39, 0.29) is 17.7 Å². The van der Waals surface area contributed by atoms with E-state index in [0.29, 0.717) is 19.8 Å². The van der Waals surface area contributed by atoms with E-state index in [1.807, 2.05) is 5.38 Å². The largest absolute Gasteiger partial charge is 0.381 e. The molecule has 0 saturated carbocycles. The van der Waals surface area contributed by atoms with Crippen LogP contribution in [0, 0.1) is 5.92 Å². The second-order valence-corrected chi connectivity index (χ2v) is 8.72. The van der Waals surface area contributed by atoms with Crippen molar-refractivity contribution in [2.45, 2.75) is 38.1 Å². The van der Waals surface area contributed by atoms with Crippen molar-refractivity contribution in [3.8, 4) is 0 Å². The zero-order valence-corrected chi connectivity index (χ0v) is 13.7. The average molecular weight is 330 g/mol. The van der Waals surface area contributed by atoms with Crippen LogP contribution >= 0.6 is 11.3 Å². The van der Waals surface area contributed by atoms with Gasteiger partial charge < -0.3 is 4.74 Å². The third-order valence-electron chi connectivity index (χ3n) is 4.33. The Labute approximate surface area is 130 Å². The van der Waals surface area contributed by atoms with Crippen LogP contribution < -0.4 is 0 Å². The monoisotopic (exact) mass is 330 g/mol. The summed E-state index contributed by atoms with van der Waals surface area (Å²) in [6, 6.07) is -0.0522. The van der Waals surface area contributed by atoms with Gasteiger partial charge in [-0.1, -0.05) is 6.42 Å². The van der Waals surface area contributed by atoms with Gasteiger partial charge in [0.1, 0.15) is 5.01 Å². The summed E-state index contributed by atoms with van der Waals surface area (Å²) in [4.78, 5) is 4.34. The zero-order chi connectivity index (χ0) is 14.7. The fourth-order valence-electron chi connectivity index (χ4n) is 3.19. The first kappa shape index (κ1) is 15.4. The van der Waals surface area contributed by atoms with E-state index in [4.69, 9.17) is 4.74 Å². The molecule has 2 aliphatic heterocycles. The smallest absolute Gasteiger partial charge is 0.215 e. The van der Waals surface area contributed by atoms with Crippen LogP contribution in [0.3, 0.4) is 0 Å². The molecular weight excluding hydrogens is 308 g/mol. The quantitative estimate of drug-likeness (QED) is 0.851. The number of thiazole rings is 1. The molecule has 1 atom stereocenters. The number of hydrogen-bond donors (Lipinski definition) is 0. The van der Waals surface area contributed by atoms with Crippen LogP contribution in [-0.4, -0.2) is 43.2 Å². The van der Waals surface area contributed by atoms with Crippen LogP contribution in [0.4, 0.5) is 0 Å². The lowest BCUT2D eigenvalue weighted by molar-refractivity contribution is 0.0718. The van der Waals surface area contributed by atoms with Crippen molar-refractivity contribution in [1.29, 1.82) is 0 Å². The number of piperidine rings is 1. The number of sulfonamides is 1. The van der Waals surface area contributed by atoms with Crippen molar-refractivity contribution in [3.63, 3.8) is 0 Å². The highest BCUT2D eigenvalue weighted by Gasteiger charge is 2.36. The summed E-state index contributed by atoms with van der Waals surface area (Å²) in [5.41, 5.74) is 0. The first-order valence-electron chi connectivity index (χ1n) is 7.63. The predicted octanol–water partition coefficient (Wildman–Crippen LogP) is 2.43. The molecule has 1 aromatic rings. The molecule has 0 aromatic carbocycles. The molecule has 0 unspecified atom stereocenters. The molecule has 3 rings (SSSR count). The number of rotatable bonds is 4. The highest BCUT2D eigenvalue weighted by molar-refractivity contribution is 7.89. The maximum Gasteiger partial charge on any atom is 0.215 e. The van der Waals surface area contributed by atoms with Crippen LogP contribution in [0.5, 0.6) is 0 Å². The molecule has 5 nitrogen and oxygen atoms in total. The van der Waals surface area contributed by atoms with Gasteiger partial charge in [0, 0.05) is 31.3 Å². The molecule has 2 saturated heterocycles. The number of nitrogens with zero attached hydrogens (tertiary/aromatic N) is 2. The third kappa shape index (κ3) is 3.64. The van der Waals surface area contributed by atoms with Gasteiger partial charge in [-0.05, 0) is 31.6 Å². The van der Waals surface area contributed by atoms with Crippen LogP contribution in [0.1, 0.15) is 43.2 Å². The molecule has 0 N–H and O–H groups in total. The van der Waals surface area contributed by atoms with Crippen LogP contribution in [-0.2, 0) is 14.8 Å². The Kier molecular flexibility index (Phi) is 4.93. The molecule has 0 aliphatic carbocycles. The van der Waals surface area contributed by atoms with Crippen molar-refractivity contribution in [2.24, 2.45) is 5.92 Å². The Morgan fingerprint density at radius 3 is 2.81 bits per heavy atom. The van der Waals surface area contributed by atoms with Crippen LogP contribution in [0.15, 0.2) is 11.6 Å². The summed E-state index contributed by atoms with van der Waals surface area (Å²) in [7, 11) is -3.21. The topological polar surface area (TPSA) is 59.5 Å². The summed E-state index contributed by atoms with van der Waals surface area (Å²) >= 11 is 1.56. The first-order chi connectivity index (χ1) is 10.2. The number of hydrogen-bond acceptors (Lipinski definition) is 5. The average Bonchev–Trinajstić information content (AvgIpc) is 3.02. The minimum absolute atomic E-state index is 0.0522. The van der Waals surface area contributed by atoms with Crippen LogP contribution in [0.25, 0.3) is 0 Å². The van der Waals surface area contributed by atoms with Gasteiger partial charge in [0.2, 0.25) is 10.0 Å². The maximum atomic E-state index is 12.8. The predicted molar refractivity (Wildman–Crippen MR) is 82.7 cm³/mol. The molecule has 3 heterocycles. The van der Waals surface area contributed by atoms with E-state index >= 15 is 0 Å². The van der Waals surface area contributed by atoms with Gasteiger partial charge in [0.15, 0.2) is 0 Å². The molecule has 2 fully saturated rings. The summed E-state index contributed by atoms with van der Waals surface area (Å²) in [5, 5.41) is 2.86. The second kappa shape index (κ2) is 6.73. The molecule has 0 bridgehead atoms. The van der Waals surface area contributed by atoms with E-state index in [1.165, 1.54) is 0 Å². The minimum atomic E-state index is -3.21. The fraction of sp³-hybridized carbons (Fsp3) is 0.786. The van der Waals surface area contributed by atoms with E-state index in [9.17, 15) is 8.42 Å². The van der Waals surface area contributed by atoms with E-state index in [1.54, 1.807) is 21.8 Å². The maximum absolute atomic E-state index is 12.8. The van der Waals surface area contributed by atoms with Gasteiger partial charge >= 0.3 is 0 Å². The lowest BCUT2D eigenvalue weighted by Gasteiger charge is -2.35. The van der Waals surface area contributed by atoms with E-state index in [2.05, 4.69) is 4.98 Å². The summed E-state index contributed by atoms with van der Waals surface area (Å²) < 4.78 is 32.7. The van der Waals surface area contributed by atoms with Crippen LogP contribution in [0.2, 0.25) is 0 Å². The summed E-state index contributed by atoms with van der Waals surface area (Å²) in [5.74, 6) is 0.501. The highest BCUT2D eigenvalue weighted by atomic mass is 32.2. The van der Waals surface area contributed by atoms with Crippen molar-refractivity contribution >= 4 is 21.4 Å². The third-order valence-corrected chi connectivity index (χ3v) is 7.26. The van der Waals surface area contributed by atoms with Gasteiger partial charge in [0.05, 0.1) is 11.8 Å². The van der Waals surface area contributed by atoms with E-state index in [0.717, 1.165) is 37.1 Å². The SMILES string of the molecule is O=S(=O)(CC1CCOCC1)N1CCCC[C@@H]1c1nccs1. The summed E-state index contributed by atoms with van der Waals surface area (Å²) in [6.45, 7) is 2.02. The Morgan fingerprint density at radius 2 is 2.10 bits per heavy atom. The van der Waals surface area contributed by atoms with Crippen molar-refractivity contribution in [2.75, 3.05) is 25.5 Å². The molecule has 0 radical (unpaired) electrons. The molecular formula is C14H22N2O3S2. The highest BCUT2D eigenvalue weighted by Crippen LogP contribution is 2.35. The Hall–Kier alpha value is -0.500. The minimum Gasteiger partial charge on any atom is -0.381 e. The van der Waals surface area contributed by atoms with Gasteiger partial charge in [-0.3, -0.25) is 0 Å².